The second-order valence-electron chi connectivity index (χ2n) is 7.92. The van der Waals surface area contributed by atoms with Crippen molar-refractivity contribution in [3.8, 4) is 17.1 Å². The molecular weight excluding hydrogens is 476 g/mol. The third-order valence-electron chi connectivity index (χ3n) is 5.87. The van der Waals surface area contributed by atoms with Crippen LogP contribution >= 0.6 is 23.2 Å². The first-order valence-corrected chi connectivity index (χ1v) is 10.9. The van der Waals surface area contributed by atoms with E-state index in [4.69, 9.17) is 28.2 Å². The Morgan fingerprint density at radius 3 is 2.42 bits per heavy atom. The van der Waals surface area contributed by atoms with E-state index in [-0.39, 0.29) is 21.6 Å². The highest BCUT2D eigenvalue weighted by molar-refractivity contribution is 6.38. The van der Waals surface area contributed by atoms with E-state index in [1.807, 2.05) is 30.5 Å². The standard InChI is InChI=1S/C23H17Cl2F3N4O/c1-11-8-15(12(2)32(11)20-16(24)9-13(10-17(20)25)23(26,27)28)21-30-18-5-3-4-14-19(18)31(21)7-6-29-22(14)33/h3-5,8-10H,6-7H2,1-2H3,(H,29,33). The molecule has 4 aromatic rings. The van der Waals surface area contributed by atoms with Gasteiger partial charge >= 0.3 is 6.18 Å². The fraction of sp³-hybridized carbons (Fsp3) is 0.217. The van der Waals surface area contributed by atoms with Gasteiger partial charge in [0, 0.05) is 30.0 Å². The van der Waals surface area contributed by atoms with Gasteiger partial charge in [-0.2, -0.15) is 13.2 Å². The zero-order valence-corrected chi connectivity index (χ0v) is 19.0. The third kappa shape index (κ3) is 3.40. The average molecular weight is 493 g/mol. The molecule has 0 spiro atoms. The first kappa shape index (κ1) is 21.9. The number of halogens is 5. The zero-order valence-electron chi connectivity index (χ0n) is 17.5. The Morgan fingerprint density at radius 2 is 1.76 bits per heavy atom. The number of benzene rings is 2. The smallest absolute Gasteiger partial charge is 0.350 e. The van der Waals surface area contributed by atoms with Gasteiger partial charge in [-0.25, -0.2) is 4.98 Å². The van der Waals surface area contributed by atoms with Crippen LogP contribution in [0.1, 0.15) is 27.3 Å². The Labute approximate surface area is 196 Å². The monoisotopic (exact) mass is 492 g/mol. The minimum absolute atomic E-state index is 0.105. The summed E-state index contributed by atoms with van der Waals surface area (Å²) in [5.74, 6) is 0.507. The maximum atomic E-state index is 13.2. The number of rotatable bonds is 2. The fourth-order valence-electron chi connectivity index (χ4n) is 4.44. The summed E-state index contributed by atoms with van der Waals surface area (Å²) in [6.45, 7) is 4.63. The molecule has 5 rings (SSSR count). The number of hydrogen-bond donors (Lipinski definition) is 1. The van der Waals surface area contributed by atoms with Gasteiger partial charge in [-0.05, 0) is 44.2 Å². The lowest BCUT2D eigenvalue weighted by Crippen LogP contribution is -2.24. The van der Waals surface area contributed by atoms with Gasteiger partial charge in [0.25, 0.3) is 5.91 Å². The number of aryl methyl sites for hydroxylation is 1. The number of alkyl halides is 3. The number of nitrogens with zero attached hydrogens (tertiary/aromatic N) is 3. The molecule has 0 saturated heterocycles. The Hall–Kier alpha value is -2.97. The third-order valence-corrected chi connectivity index (χ3v) is 6.45. The van der Waals surface area contributed by atoms with Gasteiger partial charge in [0.15, 0.2) is 0 Å². The van der Waals surface area contributed by atoms with Crippen molar-refractivity contribution in [1.82, 2.24) is 19.4 Å². The van der Waals surface area contributed by atoms with Gasteiger partial charge in [0.1, 0.15) is 5.82 Å². The van der Waals surface area contributed by atoms with Crippen LogP contribution in [0.25, 0.3) is 28.1 Å². The number of carbonyl (C=O) groups is 1. The molecule has 0 aliphatic carbocycles. The summed E-state index contributed by atoms with van der Waals surface area (Å²) in [6.07, 6.45) is -4.56. The molecule has 0 radical (unpaired) electrons. The predicted molar refractivity (Wildman–Crippen MR) is 121 cm³/mol. The molecule has 1 aliphatic rings. The molecule has 33 heavy (non-hydrogen) atoms. The van der Waals surface area contributed by atoms with E-state index in [2.05, 4.69) is 5.32 Å². The predicted octanol–water partition coefficient (Wildman–Crippen LogP) is 6.18. The normalized spacial score (nSPS) is 14.0. The van der Waals surface area contributed by atoms with E-state index >= 15 is 0 Å². The molecule has 1 amide bonds. The first-order chi connectivity index (χ1) is 15.6. The van der Waals surface area contributed by atoms with Gasteiger partial charge in [-0.3, -0.25) is 4.79 Å². The molecule has 170 valence electrons. The van der Waals surface area contributed by atoms with Gasteiger partial charge in [0.05, 0.1) is 37.9 Å². The van der Waals surface area contributed by atoms with Crippen molar-refractivity contribution in [3.63, 3.8) is 0 Å². The molecule has 2 aromatic carbocycles. The topological polar surface area (TPSA) is 51.9 Å². The number of carbonyl (C=O) groups excluding carboxylic acids is 1. The van der Waals surface area contributed by atoms with Crippen molar-refractivity contribution >= 4 is 40.1 Å². The van der Waals surface area contributed by atoms with Crippen molar-refractivity contribution in [2.45, 2.75) is 26.6 Å². The maximum absolute atomic E-state index is 13.2. The second kappa shape index (κ2) is 7.53. The lowest BCUT2D eigenvalue weighted by atomic mass is 10.1. The largest absolute Gasteiger partial charge is 0.416 e. The summed E-state index contributed by atoms with van der Waals surface area (Å²) in [7, 11) is 0. The number of hydrogen-bond acceptors (Lipinski definition) is 2. The highest BCUT2D eigenvalue weighted by Crippen LogP contribution is 2.40. The number of imidazole rings is 1. The molecular formula is C23H17Cl2F3N4O. The fourth-order valence-corrected chi connectivity index (χ4v) is 5.10. The highest BCUT2D eigenvalue weighted by Gasteiger charge is 2.33. The van der Waals surface area contributed by atoms with Gasteiger partial charge in [-0.15, -0.1) is 0 Å². The van der Waals surface area contributed by atoms with Gasteiger partial charge in [-0.1, -0.05) is 29.3 Å². The van der Waals surface area contributed by atoms with Crippen LogP contribution in [-0.4, -0.2) is 26.6 Å². The van der Waals surface area contributed by atoms with Crippen molar-refractivity contribution in [2.75, 3.05) is 6.54 Å². The van der Waals surface area contributed by atoms with Crippen LogP contribution in [0.2, 0.25) is 10.0 Å². The van der Waals surface area contributed by atoms with Gasteiger partial charge in [0.2, 0.25) is 0 Å². The van der Waals surface area contributed by atoms with E-state index in [0.29, 0.717) is 35.7 Å². The molecule has 3 heterocycles. The molecule has 0 fully saturated rings. The molecule has 0 atom stereocenters. The van der Waals surface area contributed by atoms with Crippen LogP contribution in [0.5, 0.6) is 0 Å². The molecule has 5 nitrogen and oxygen atoms in total. The van der Waals surface area contributed by atoms with Crippen LogP contribution in [-0.2, 0) is 12.7 Å². The molecule has 1 N–H and O–H groups in total. The summed E-state index contributed by atoms with van der Waals surface area (Å²) in [6, 6.07) is 9.04. The Bertz CT molecular complexity index is 1430. The molecule has 10 heteroatoms. The summed E-state index contributed by atoms with van der Waals surface area (Å²) in [5.41, 5.74) is 3.57. The molecule has 0 unspecified atom stereocenters. The highest BCUT2D eigenvalue weighted by atomic mass is 35.5. The van der Waals surface area contributed by atoms with Crippen molar-refractivity contribution in [1.29, 1.82) is 0 Å². The summed E-state index contributed by atoms with van der Waals surface area (Å²) >= 11 is 12.6. The molecule has 0 bridgehead atoms. The number of nitrogens with one attached hydrogen (secondary N) is 1. The van der Waals surface area contributed by atoms with Crippen LogP contribution in [0.3, 0.4) is 0 Å². The van der Waals surface area contributed by atoms with Crippen molar-refractivity contribution in [2.24, 2.45) is 0 Å². The molecule has 0 saturated carbocycles. The number of aromatic nitrogens is 3. The Morgan fingerprint density at radius 1 is 1.06 bits per heavy atom. The second-order valence-corrected chi connectivity index (χ2v) is 8.74. The van der Waals surface area contributed by atoms with E-state index in [1.165, 1.54) is 0 Å². The average Bonchev–Trinajstić information content (AvgIpc) is 3.17. The SMILES string of the molecule is Cc1cc(-c2nc3cccc4c3n2CCNC4=O)c(C)n1-c1c(Cl)cc(C(F)(F)F)cc1Cl. The molecule has 1 aliphatic heterocycles. The number of amides is 1. The lowest BCUT2D eigenvalue weighted by Gasteiger charge is -2.16. The lowest BCUT2D eigenvalue weighted by molar-refractivity contribution is -0.137. The summed E-state index contributed by atoms with van der Waals surface area (Å²) < 4.78 is 43.3. The van der Waals surface area contributed by atoms with Crippen LogP contribution in [0.4, 0.5) is 13.2 Å². The Kier molecular flexibility index (Phi) is 4.99. The van der Waals surface area contributed by atoms with Crippen LogP contribution < -0.4 is 5.32 Å². The Balaban J connectivity index is 1.73. The quantitative estimate of drug-likeness (QED) is 0.363. The number of para-hydroxylation sites is 1. The van der Waals surface area contributed by atoms with E-state index < -0.39 is 11.7 Å². The molecule has 2 aromatic heterocycles. The van der Waals surface area contributed by atoms with Gasteiger partial charge < -0.3 is 14.5 Å². The van der Waals surface area contributed by atoms with E-state index in [0.717, 1.165) is 28.9 Å². The van der Waals surface area contributed by atoms with E-state index in [9.17, 15) is 18.0 Å². The van der Waals surface area contributed by atoms with Crippen LogP contribution in [0.15, 0.2) is 36.4 Å². The summed E-state index contributed by atoms with van der Waals surface area (Å²) in [5, 5.41) is 2.68. The van der Waals surface area contributed by atoms with Crippen LogP contribution in [0, 0.1) is 13.8 Å². The minimum atomic E-state index is -4.56. The van der Waals surface area contributed by atoms with Crippen molar-refractivity contribution in [3.05, 3.63) is 69.0 Å². The summed E-state index contributed by atoms with van der Waals surface area (Å²) in [4.78, 5) is 17.2. The zero-order chi connectivity index (χ0) is 23.7. The maximum Gasteiger partial charge on any atom is 0.416 e. The minimum Gasteiger partial charge on any atom is -0.350 e. The van der Waals surface area contributed by atoms with Crippen molar-refractivity contribution < 1.29 is 18.0 Å². The van der Waals surface area contributed by atoms with E-state index in [1.54, 1.807) is 16.7 Å². The first-order valence-electron chi connectivity index (χ1n) is 10.1.